The number of phosphoric acid groups is 2. The quantitative estimate of drug-likeness (QED) is 0.166. The van der Waals surface area contributed by atoms with Crippen LogP contribution < -0.4 is 16.6 Å². The molecule has 23 heteroatoms. The number of ether oxygens (including phenoxy) is 1. The predicted molar refractivity (Wildman–Crippen MR) is 142 cm³/mol. The second-order valence-corrected chi connectivity index (χ2v) is 13.2. The van der Waals surface area contributed by atoms with Crippen molar-refractivity contribution in [2.24, 2.45) is 11.8 Å². The maximum atomic E-state index is 14.2. The predicted octanol–water partition coefficient (Wildman–Crippen LogP) is -0.984. The molecule has 20 nitrogen and oxygen atoms in total. The van der Waals surface area contributed by atoms with Gasteiger partial charge in [-0.2, -0.15) is 4.98 Å². The van der Waals surface area contributed by atoms with Crippen LogP contribution in [0.25, 0.3) is 11.2 Å². The second kappa shape index (κ2) is 11.8. The smallest absolute Gasteiger partial charge is 0.391 e. The summed E-state index contributed by atoms with van der Waals surface area (Å²) < 4.78 is 67.8. The lowest BCUT2D eigenvalue weighted by atomic mass is 9.97. The zero-order valence-electron chi connectivity index (χ0n) is 22.3. The number of halogens is 1. The van der Waals surface area contributed by atoms with Gasteiger partial charge in [0.25, 0.3) is 5.56 Å². The molecule has 6 rings (SSSR count). The summed E-state index contributed by atoms with van der Waals surface area (Å²) in [5.74, 6) is -3.07. The summed E-state index contributed by atoms with van der Waals surface area (Å²) in [7, 11) is -9.84. The van der Waals surface area contributed by atoms with Gasteiger partial charge >= 0.3 is 15.6 Å². The van der Waals surface area contributed by atoms with Crippen LogP contribution in [0.15, 0.2) is 23.6 Å². The maximum absolute atomic E-state index is 14.2. The van der Waals surface area contributed by atoms with Crippen LogP contribution >= 0.6 is 15.6 Å². The first-order valence-corrected chi connectivity index (χ1v) is 16.0. The van der Waals surface area contributed by atoms with Crippen molar-refractivity contribution in [3.63, 3.8) is 0 Å². The van der Waals surface area contributed by atoms with Gasteiger partial charge in [0, 0.05) is 5.92 Å². The Labute approximate surface area is 245 Å². The van der Waals surface area contributed by atoms with E-state index in [1.54, 1.807) is 0 Å². The van der Waals surface area contributed by atoms with Crippen LogP contribution in [0.3, 0.4) is 0 Å². The minimum atomic E-state index is -5.01. The summed E-state index contributed by atoms with van der Waals surface area (Å²) in [6.45, 7) is -1.89. The number of aromatic amines is 1. The highest BCUT2D eigenvalue weighted by molar-refractivity contribution is 7.47. The van der Waals surface area contributed by atoms with Gasteiger partial charge in [-0.15, -0.1) is 0 Å². The third kappa shape index (κ3) is 6.13. The third-order valence-electron chi connectivity index (χ3n) is 7.58. The van der Waals surface area contributed by atoms with E-state index in [2.05, 4.69) is 30.2 Å². The first-order valence-electron chi connectivity index (χ1n) is 13.1. The third-order valence-corrected chi connectivity index (χ3v) is 9.52. The molecular formula is C21H27FN8O12P2. The minimum Gasteiger partial charge on any atom is -0.391 e. The molecule has 0 radical (unpaired) electrons. The molecule has 240 valence electrons. The first-order chi connectivity index (χ1) is 20.8. The molecule has 3 fully saturated rings. The number of rotatable bonds is 3. The van der Waals surface area contributed by atoms with E-state index >= 15 is 0 Å². The van der Waals surface area contributed by atoms with Crippen molar-refractivity contribution in [1.29, 1.82) is 0 Å². The molecule has 5 heterocycles. The topological polar surface area (TPSA) is 289 Å². The molecule has 2 aliphatic heterocycles. The van der Waals surface area contributed by atoms with Gasteiger partial charge in [-0.25, -0.2) is 28.5 Å². The number of hydrogen-bond donors (Lipinski definition) is 7. The van der Waals surface area contributed by atoms with Gasteiger partial charge in [0.2, 0.25) is 5.95 Å². The lowest BCUT2D eigenvalue weighted by molar-refractivity contribution is -0.0514. The molecule has 10 atom stereocenters. The number of H-pyrrole nitrogens is 1. The van der Waals surface area contributed by atoms with Crippen LogP contribution in [0.2, 0.25) is 0 Å². The second-order valence-electron chi connectivity index (χ2n) is 10.3. The number of nitrogens with two attached hydrogens (primary N) is 1. The van der Waals surface area contributed by atoms with Gasteiger partial charge in [0.05, 0.1) is 44.5 Å². The number of fused-ring (bicyclic) bond motifs is 4. The van der Waals surface area contributed by atoms with Crippen molar-refractivity contribution in [3.8, 4) is 0 Å². The van der Waals surface area contributed by atoms with Crippen LogP contribution in [-0.4, -0.2) is 99.8 Å². The fourth-order valence-corrected chi connectivity index (χ4v) is 7.21. The number of nitrogen functional groups attached to an aromatic ring is 1. The molecule has 1 aliphatic carbocycles. The maximum Gasteiger partial charge on any atom is 0.472 e. The Morgan fingerprint density at radius 2 is 1.84 bits per heavy atom. The summed E-state index contributed by atoms with van der Waals surface area (Å²) in [4.78, 5) is 50.9. The number of phosphoric ester groups is 2. The number of nitrogens with one attached hydrogen (secondary N) is 2. The molecule has 1 saturated carbocycles. The summed E-state index contributed by atoms with van der Waals surface area (Å²) in [5, 5.41) is 24.7. The average molecular weight is 664 g/mol. The Hall–Kier alpha value is -2.94. The highest BCUT2D eigenvalue weighted by atomic mass is 31.2. The number of hydrogen-bond acceptors (Lipinski definition) is 16. The van der Waals surface area contributed by atoms with Crippen molar-refractivity contribution in [2.75, 3.05) is 30.9 Å². The highest BCUT2D eigenvalue weighted by Gasteiger charge is 2.51. The van der Waals surface area contributed by atoms with Gasteiger partial charge in [-0.3, -0.25) is 32.4 Å². The Morgan fingerprint density at radius 1 is 1.09 bits per heavy atom. The zero-order valence-corrected chi connectivity index (χ0v) is 24.1. The zero-order chi connectivity index (χ0) is 31.4. The van der Waals surface area contributed by atoms with E-state index < -0.39 is 95.4 Å². The molecule has 0 amide bonds. The normalized spacial score (nSPS) is 38.3. The average Bonchev–Trinajstić information content (AvgIpc) is 3.60. The fourth-order valence-electron chi connectivity index (χ4n) is 5.46. The largest absolute Gasteiger partial charge is 0.472 e. The first kappa shape index (κ1) is 31.1. The summed E-state index contributed by atoms with van der Waals surface area (Å²) in [5.41, 5.74) is 4.66. The summed E-state index contributed by atoms with van der Waals surface area (Å²) in [6.07, 6.45) is -4.58. The Bertz CT molecular complexity index is 1700. The van der Waals surface area contributed by atoms with Crippen molar-refractivity contribution in [2.45, 2.75) is 43.1 Å². The van der Waals surface area contributed by atoms with Crippen LogP contribution in [0.4, 0.5) is 16.2 Å². The number of nitrogens with zero attached hydrogens (tertiary/aromatic N) is 5. The monoisotopic (exact) mass is 664 g/mol. The molecule has 0 spiro atoms. The molecule has 2 bridgehead atoms. The lowest BCUT2D eigenvalue weighted by Crippen LogP contribution is -2.36. The van der Waals surface area contributed by atoms with Gasteiger partial charge in [-0.05, 0) is 12.3 Å². The Morgan fingerprint density at radius 3 is 2.61 bits per heavy atom. The van der Waals surface area contributed by atoms with Crippen LogP contribution in [0.1, 0.15) is 12.6 Å². The molecule has 3 aliphatic rings. The Balaban J connectivity index is 1.29. The van der Waals surface area contributed by atoms with E-state index in [0.29, 0.717) is 0 Å². The fraction of sp³-hybridized carbons (Fsp3) is 0.571. The van der Waals surface area contributed by atoms with Crippen LogP contribution in [0.5, 0.6) is 0 Å². The number of anilines is 2. The van der Waals surface area contributed by atoms with Crippen molar-refractivity contribution in [3.05, 3.63) is 35.0 Å². The summed E-state index contributed by atoms with van der Waals surface area (Å²) in [6, 6.07) is -0.886. The molecule has 3 aromatic rings. The molecule has 44 heavy (non-hydrogen) atoms. The van der Waals surface area contributed by atoms with E-state index in [-0.39, 0.29) is 29.4 Å². The molecule has 2 saturated heterocycles. The van der Waals surface area contributed by atoms with Gasteiger partial charge in [0.15, 0.2) is 29.0 Å². The van der Waals surface area contributed by atoms with Crippen LogP contribution in [0, 0.1) is 17.7 Å². The number of aromatic nitrogens is 6. The Kier molecular flexibility index (Phi) is 8.31. The minimum absolute atomic E-state index is 0.0117. The molecule has 2 unspecified atom stereocenters. The standard InChI is InChI=1S/C21H27FN8O12P2/c22-10-2-24-6-25-17(10)27-11-1-8-3-38-44(36,37)42-16-15(32)12(5-40-43(34,35)39-4-9(8)14(11)31)41-20(16)30-7-26-13-18(30)28-21(23)29-19(13)33/h2,6-9,11-12,14-16,20,31-32H,1,3-5H2,(H,34,35)(H,36,37)(H,24,25,27)(H3,23,28,29,33)/t8-,9-,11-,12-,14-,15-,16-,20-/m1/s1. The molecule has 0 aromatic carbocycles. The van der Waals surface area contributed by atoms with Gasteiger partial charge in [0.1, 0.15) is 24.6 Å². The van der Waals surface area contributed by atoms with Crippen molar-refractivity contribution in [1.82, 2.24) is 29.5 Å². The lowest BCUT2D eigenvalue weighted by Gasteiger charge is -2.27. The van der Waals surface area contributed by atoms with E-state index in [1.807, 2.05) is 0 Å². The molecule has 3 aromatic heterocycles. The number of aliphatic hydroxyl groups excluding tert-OH is 2. The highest BCUT2D eigenvalue weighted by Crippen LogP contribution is 2.52. The van der Waals surface area contributed by atoms with Crippen molar-refractivity contribution < 1.29 is 56.4 Å². The summed E-state index contributed by atoms with van der Waals surface area (Å²) >= 11 is 0. The van der Waals surface area contributed by atoms with E-state index in [0.717, 1.165) is 23.4 Å². The van der Waals surface area contributed by atoms with Crippen molar-refractivity contribution >= 4 is 38.6 Å². The molecule has 8 N–H and O–H groups in total. The van der Waals surface area contributed by atoms with Gasteiger partial charge < -0.3 is 35.8 Å². The van der Waals surface area contributed by atoms with E-state index in [4.69, 9.17) is 28.6 Å². The number of imidazole rings is 1. The molecular weight excluding hydrogens is 637 g/mol. The van der Waals surface area contributed by atoms with E-state index in [9.17, 15) is 38.3 Å². The van der Waals surface area contributed by atoms with E-state index in [1.165, 1.54) is 0 Å². The van der Waals surface area contributed by atoms with Crippen LogP contribution in [-0.2, 0) is 32.0 Å². The van der Waals surface area contributed by atoms with Gasteiger partial charge in [-0.1, -0.05) is 0 Å². The number of aliphatic hydroxyl groups is 2. The SMILES string of the molecule is Nc1nc2c(ncn2[C@@H]2O[C@@H]3COP(=O)(O)OC[C@@H]4[C@@H](COP(=O)(O)O[C@@H]2[C@@H]3O)C[C@@H](Nc2ncncc2F)[C@@H]4O)c(=O)[nH]1.